The van der Waals surface area contributed by atoms with E-state index in [9.17, 15) is 14.4 Å². The Morgan fingerprint density at radius 2 is 0.506 bits per heavy atom. The number of allylic oxidation sites excluding steroid dienone is 18. The molecule has 0 heterocycles. The second-order valence-corrected chi connectivity index (χ2v) is 21.3. The summed E-state index contributed by atoms with van der Waals surface area (Å²) in [5.41, 5.74) is 0. The molecule has 77 heavy (non-hydrogen) atoms. The zero-order valence-corrected chi connectivity index (χ0v) is 50.4. The smallest absolute Gasteiger partial charge is 0.306 e. The molecular weight excluding hydrogens is 949 g/mol. The van der Waals surface area contributed by atoms with Crippen LogP contribution in [-0.2, 0) is 28.6 Å². The Morgan fingerprint density at radius 1 is 0.273 bits per heavy atom. The lowest BCUT2D eigenvalue weighted by Gasteiger charge is -2.18. The lowest BCUT2D eigenvalue weighted by Crippen LogP contribution is -2.30. The van der Waals surface area contributed by atoms with Crippen molar-refractivity contribution in [2.24, 2.45) is 0 Å². The van der Waals surface area contributed by atoms with Crippen LogP contribution in [0.5, 0.6) is 0 Å². The largest absolute Gasteiger partial charge is 0.462 e. The first-order chi connectivity index (χ1) is 38.0. The lowest BCUT2D eigenvalue weighted by molar-refractivity contribution is -0.167. The molecule has 440 valence electrons. The summed E-state index contributed by atoms with van der Waals surface area (Å²) < 4.78 is 16.9. The van der Waals surface area contributed by atoms with Crippen molar-refractivity contribution in [1.82, 2.24) is 0 Å². The van der Waals surface area contributed by atoms with E-state index in [-0.39, 0.29) is 31.1 Å². The number of carbonyl (C=O) groups is 3. The first kappa shape index (κ1) is 73.1. The first-order valence-electron chi connectivity index (χ1n) is 32.4. The van der Waals surface area contributed by atoms with Crippen molar-refractivity contribution in [3.63, 3.8) is 0 Å². The van der Waals surface area contributed by atoms with Crippen LogP contribution in [0.15, 0.2) is 109 Å². The molecule has 0 fully saturated rings. The van der Waals surface area contributed by atoms with Gasteiger partial charge in [0.1, 0.15) is 13.2 Å². The van der Waals surface area contributed by atoms with Gasteiger partial charge in [-0.25, -0.2) is 0 Å². The Labute approximate surface area is 476 Å². The third-order valence-corrected chi connectivity index (χ3v) is 13.8. The number of ether oxygens (including phenoxy) is 3. The number of rotatable bonds is 58. The Hall–Kier alpha value is -3.93. The summed E-state index contributed by atoms with van der Waals surface area (Å²) in [6.45, 7) is 6.41. The minimum absolute atomic E-state index is 0.0787. The lowest BCUT2D eigenvalue weighted by atomic mass is 10.0. The summed E-state index contributed by atoms with van der Waals surface area (Å²) >= 11 is 0. The van der Waals surface area contributed by atoms with Crippen molar-refractivity contribution in [3.05, 3.63) is 109 Å². The van der Waals surface area contributed by atoms with Gasteiger partial charge in [-0.2, -0.15) is 0 Å². The van der Waals surface area contributed by atoms with E-state index in [0.717, 1.165) is 122 Å². The van der Waals surface area contributed by atoms with Crippen LogP contribution < -0.4 is 0 Å². The number of unbranched alkanes of at least 4 members (excludes halogenated alkanes) is 29. The van der Waals surface area contributed by atoms with Crippen LogP contribution in [-0.4, -0.2) is 37.2 Å². The summed E-state index contributed by atoms with van der Waals surface area (Å²) in [4.78, 5) is 38.2. The van der Waals surface area contributed by atoms with E-state index in [1.165, 1.54) is 141 Å². The molecule has 0 radical (unpaired) electrons. The molecule has 0 saturated carbocycles. The molecule has 0 rings (SSSR count). The predicted octanol–water partition coefficient (Wildman–Crippen LogP) is 22.2. The molecule has 0 aliphatic carbocycles. The highest BCUT2D eigenvalue weighted by Crippen LogP contribution is 2.16. The van der Waals surface area contributed by atoms with Gasteiger partial charge < -0.3 is 14.2 Å². The van der Waals surface area contributed by atoms with E-state index in [4.69, 9.17) is 14.2 Å². The first-order valence-corrected chi connectivity index (χ1v) is 32.4. The summed E-state index contributed by atoms with van der Waals surface area (Å²) in [5.74, 6) is -0.881. The van der Waals surface area contributed by atoms with Gasteiger partial charge in [-0.3, -0.25) is 14.4 Å². The van der Waals surface area contributed by atoms with Crippen LogP contribution in [0.4, 0.5) is 0 Å². The molecule has 0 aliphatic heterocycles. The molecule has 1 unspecified atom stereocenters. The highest BCUT2D eigenvalue weighted by molar-refractivity contribution is 5.71. The molecule has 6 heteroatoms. The third-order valence-electron chi connectivity index (χ3n) is 13.8. The standard InChI is InChI=1S/C71H120O6/c1-4-7-10-13-16-19-21-23-25-27-29-31-33-35-37-39-41-43-45-47-49-52-55-58-61-64-70(73)76-67-68(66-75-69(72)63-60-57-54-51-18-15-12-9-6-3)77-71(74)65-62-59-56-53-50-48-46-44-42-40-38-36-34-32-30-28-26-24-22-20-17-14-11-8-5-2/h7-8,10-11,16-17,19-20,23-26,29-32,35,37,68H,4-6,9,12-15,18,21-22,27-28,33-34,36,38-67H2,1-3H3/b10-7-,11-8-,19-16-,20-17-,25-23-,26-24-,31-29-,32-30-,37-35-. The number of hydrogen-bond donors (Lipinski definition) is 0. The van der Waals surface area contributed by atoms with Gasteiger partial charge in [0.15, 0.2) is 6.10 Å². The summed E-state index contributed by atoms with van der Waals surface area (Å²) in [6, 6.07) is 0. The van der Waals surface area contributed by atoms with Gasteiger partial charge in [-0.05, 0) is 103 Å². The second-order valence-electron chi connectivity index (χ2n) is 21.3. The molecule has 6 nitrogen and oxygen atoms in total. The van der Waals surface area contributed by atoms with Crippen molar-refractivity contribution in [3.8, 4) is 0 Å². The van der Waals surface area contributed by atoms with Gasteiger partial charge in [0.2, 0.25) is 0 Å². The quantitative estimate of drug-likeness (QED) is 0.0261. The molecule has 1 atom stereocenters. The molecule has 0 amide bonds. The Kier molecular flexibility index (Phi) is 61.3. The molecular formula is C71H120O6. The minimum atomic E-state index is -0.781. The van der Waals surface area contributed by atoms with Crippen LogP contribution >= 0.6 is 0 Å². The fraction of sp³-hybridized carbons (Fsp3) is 0.704. The van der Waals surface area contributed by atoms with Crippen LogP contribution in [0.1, 0.15) is 303 Å². The average molecular weight is 1070 g/mol. The van der Waals surface area contributed by atoms with Gasteiger partial charge in [0, 0.05) is 19.3 Å². The van der Waals surface area contributed by atoms with Gasteiger partial charge in [0.25, 0.3) is 0 Å². The fourth-order valence-corrected chi connectivity index (χ4v) is 8.99. The topological polar surface area (TPSA) is 78.9 Å². The highest BCUT2D eigenvalue weighted by Gasteiger charge is 2.19. The van der Waals surface area contributed by atoms with Crippen LogP contribution in [0.3, 0.4) is 0 Å². The van der Waals surface area contributed by atoms with E-state index in [2.05, 4.69) is 130 Å². The molecule has 0 aromatic rings. The van der Waals surface area contributed by atoms with Crippen molar-refractivity contribution >= 4 is 17.9 Å². The van der Waals surface area contributed by atoms with Gasteiger partial charge in [0.05, 0.1) is 0 Å². The van der Waals surface area contributed by atoms with Crippen molar-refractivity contribution in [2.75, 3.05) is 13.2 Å². The maximum Gasteiger partial charge on any atom is 0.306 e. The zero-order chi connectivity index (χ0) is 55.7. The fourth-order valence-electron chi connectivity index (χ4n) is 8.99. The molecule has 0 N–H and O–H groups in total. The van der Waals surface area contributed by atoms with Crippen LogP contribution in [0.2, 0.25) is 0 Å². The molecule has 0 bridgehead atoms. The monoisotopic (exact) mass is 1070 g/mol. The highest BCUT2D eigenvalue weighted by atomic mass is 16.6. The number of esters is 3. The van der Waals surface area contributed by atoms with E-state index < -0.39 is 6.10 Å². The SMILES string of the molecule is CC/C=C\C/C=C\C/C=C\C/C=C\C/C=C\CCCCCCCCCCCC(=O)OCC(COC(=O)CCCCCCCCCCC)OC(=O)CCCCCCCCCCCCCC/C=C\C/C=C\C/C=C\C/C=C\CC. The Morgan fingerprint density at radius 3 is 0.792 bits per heavy atom. The van der Waals surface area contributed by atoms with Gasteiger partial charge in [-0.15, -0.1) is 0 Å². The van der Waals surface area contributed by atoms with Gasteiger partial charge >= 0.3 is 17.9 Å². The molecule has 0 aliphatic rings. The summed E-state index contributed by atoms with van der Waals surface area (Å²) in [7, 11) is 0. The molecule has 0 saturated heterocycles. The summed E-state index contributed by atoms with van der Waals surface area (Å²) in [6.07, 6.45) is 88.2. The van der Waals surface area contributed by atoms with E-state index in [1.807, 2.05) is 0 Å². The Balaban J connectivity index is 4.23. The average Bonchev–Trinajstić information content (AvgIpc) is 3.43. The maximum absolute atomic E-state index is 12.9. The van der Waals surface area contributed by atoms with E-state index >= 15 is 0 Å². The van der Waals surface area contributed by atoms with E-state index in [1.54, 1.807) is 0 Å². The van der Waals surface area contributed by atoms with E-state index in [0.29, 0.717) is 19.3 Å². The van der Waals surface area contributed by atoms with Crippen molar-refractivity contribution in [2.45, 2.75) is 309 Å². The molecule has 0 aromatic carbocycles. The van der Waals surface area contributed by atoms with Crippen molar-refractivity contribution < 1.29 is 28.6 Å². The predicted molar refractivity (Wildman–Crippen MR) is 334 cm³/mol. The third kappa shape index (κ3) is 62.8. The number of hydrogen-bond acceptors (Lipinski definition) is 6. The maximum atomic E-state index is 12.9. The van der Waals surface area contributed by atoms with Crippen LogP contribution in [0.25, 0.3) is 0 Å². The zero-order valence-electron chi connectivity index (χ0n) is 50.4. The van der Waals surface area contributed by atoms with Gasteiger partial charge in [-0.1, -0.05) is 291 Å². The van der Waals surface area contributed by atoms with Crippen LogP contribution in [0, 0.1) is 0 Å². The number of carbonyl (C=O) groups excluding carboxylic acids is 3. The molecule has 0 spiro atoms. The Bertz CT molecular complexity index is 1560. The second kappa shape index (κ2) is 64.6. The molecule has 0 aromatic heterocycles. The normalized spacial score (nSPS) is 12.8. The van der Waals surface area contributed by atoms with Crippen molar-refractivity contribution in [1.29, 1.82) is 0 Å². The summed E-state index contributed by atoms with van der Waals surface area (Å²) in [5, 5.41) is 0. The minimum Gasteiger partial charge on any atom is -0.462 e.